The average Bonchev–Trinajstić information content (AvgIpc) is 2.64. The molecule has 1 saturated heterocycles. The van der Waals surface area contributed by atoms with Crippen LogP contribution < -0.4 is 10.6 Å². The number of carbonyl (C=O) groups excluding carboxylic acids is 1. The van der Waals surface area contributed by atoms with E-state index >= 15 is 0 Å². The van der Waals surface area contributed by atoms with Gasteiger partial charge in [-0.3, -0.25) is 9.78 Å². The van der Waals surface area contributed by atoms with E-state index in [2.05, 4.69) is 9.97 Å². The monoisotopic (exact) mass is 344 g/mol. The zero-order valence-corrected chi connectivity index (χ0v) is 13.9. The lowest BCUT2D eigenvalue weighted by Crippen LogP contribution is -2.47. The molecule has 1 aromatic carbocycles. The van der Waals surface area contributed by atoms with Crippen molar-refractivity contribution in [3.8, 4) is 0 Å². The summed E-state index contributed by atoms with van der Waals surface area (Å²) in [6.07, 6.45) is 5.32. The van der Waals surface area contributed by atoms with E-state index in [1.807, 2.05) is 4.90 Å². The highest BCUT2D eigenvalue weighted by atomic mass is 19.1. The van der Waals surface area contributed by atoms with Crippen molar-refractivity contribution in [3.05, 3.63) is 53.7 Å². The van der Waals surface area contributed by atoms with E-state index in [0.717, 1.165) is 24.9 Å². The third kappa shape index (κ3) is 3.93. The second-order valence-corrected chi connectivity index (χ2v) is 6.61. The number of nitrogens with zero attached hydrogens (tertiary/aromatic N) is 3. The third-order valence-corrected chi connectivity index (χ3v) is 4.69. The van der Waals surface area contributed by atoms with Crippen LogP contribution in [0.1, 0.15) is 28.9 Å². The first kappa shape index (κ1) is 17.3. The predicted molar refractivity (Wildman–Crippen MR) is 91.6 cm³/mol. The van der Waals surface area contributed by atoms with E-state index < -0.39 is 5.91 Å². The quantitative estimate of drug-likeness (QED) is 0.858. The molecule has 2 heterocycles. The highest BCUT2D eigenvalue weighted by Crippen LogP contribution is 2.35. The standard InChI is InChI=1S/C18H21FN4O2/c19-14-4-2-13(3-5-14)8-18(12-24)6-1-7-23(11-18)16-10-21-9-15(22-16)17(20)25/h2-5,9-10,24H,1,6-8,11-12H2,(H2,20,25). The van der Waals surface area contributed by atoms with E-state index in [9.17, 15) is 14.3 Å². The molecular weight excluding hydrogens is 323 g/mol. The number of benzene rings is 1. The summed E-state index contributed by atoms with van der Waals surface area (Å²) < 4.78 is 13.1. The van der Waals surface area contributed by atoms with Gasteiger partial charge in [0.15, 0.2) is 0 Å². The second kappa shape index (κ2) is 7.14. The molecule has 0 aliphatic carbocycles. The second-order valence-electron chi connectivity index (χ2n) is 6.61. The number of rotatable bonds is 5. The minimum Gasteiger partial charge on any atom is -0.396 e. The van der Waals surface area contributed by atoms with Crippen LogP contribution in [-0.2, 0) is 6.42 Å². The molecule has 3 rings (SSSR count). The van der Waals surface area contributed by atoms with Crippen LogP contribution in [0.4, 0.5) is 10.2 Å². The number of hydrogen-bond donors (Lipinski definition) is 2. The van der Waals surface area contributed by atoms with Gasteiger partial charge in [-0.1, -0.05) is 12.1 Å². The van der Waals surface area contributed by atoms with Gasteiger partial charge in [0.25, 0.3) is 5.91 Å². The van der Waals surface area contributed by atoms with Crippen molar-refractivity contribution >= 4 is 11.7 Å². The van der Waals surface area contributed by atoms with Crippen molar-refractivity contribution in [2.24, 2.45) is 11.1 Å². The predicted octanol–water partition coefficient (Wildman–Crippen LogP) is 1.54. The molecular formula is C18H21FN4O2. The molecule has 132 valence electrons. The van der Waals surface area contributed by atoms with Gasteiger partial charge >= 0.3 is 0 Å². The number of nitrogens with two attached hydrogens (primary N) is 1. The lowest BCUT2D eigenvalue weighted by Gasteiger charge is -2.42. The number of hydrogen-bond acceptors (Lipinski definition) is 5. The Bertz CT molecular complexity index is 753. The number of carbonyl (C=O) groups is 1. The third-order valence-electron chi connectivity index (χ3n) is 4.69. The number of halogens is 1. The topological polar surface area (TPSA) is 92.3 Å². The van der Waals surface area contributed by atoms with Gasteiger partial charge in [-0.05, 0) is 37.0 Å². The van der Waals surface area contributed by atoms with Crippen molar-refractivity contribution < 1.29 is 14.3 Å². The Kier molecular flexibility index (Phi) is 4.94. The summed E-state index contributed by atoms with van der Waals surface area (Å²) in [6.45, 7) is 1.36. The molecule has 0 spiro atoms. The fraction of sp³-hybridized carbons (Fsp3) is 0.389. The first-order valence-corrected chi connectivity index (χ1v) is 8.23. The summed E-state index contributed by atoms with van der Waals surface area (Å²) in [5.41, 5.74) is 6.03. The fourth-order valence-electron chi connectivity index (χ4n) is 3.39. The van der Waals surface area contributed by atoms with Gasteiger partial charge in [0.1, 0.15) is 17.3 Å². The summed E-state index contributed by atoms with van der Waals surface area (Å²) in [5.74, 6) is -0.315. The number of primary amides is 1. The van der Waals surface area contributed by atoms with E-state index in [-0.39, 0.29) is 23.5 Å². The van der Waals surface area contributed by atoms with E-state index in [1.54, 1.807) is 18.3 Å². The smallest absolute Gasteiger partial charge is 0.268 e. The van der Waals surface area contributed by atoms with Crippen LogP contribution in [0.2, 0.25) is 0 Å². The SMILES string of the molecule is NC(=O)c1cncc(N2CCCC(CO)(Cc3ccc(F)cc3)C2)n1. The zero-order chi connectivity index (χ0) is 17.9. The number of piperidine rings is 1. The van der Waals surface area contributed by atoms with Crippen LogP contribution >= 0.6 is 0 Å². The molecule has 0 radical (unpaired) electrons. The molecule has 1 aliphatic rings. The van der Waals surface area contributed by atoms with Gasteiger partial charge in [0.2, 0.25) is 0 Å². The van der Waals surface area contributed by atoms with E-state index in [4.69, 9.17) is 5.73 Å². The molecule has 1 unspecified atom stereocenters. The molecule has 7 heteroatoms. The summed E-state index contributed by atoms with van der Waals surface area (Å²) in [6, 6.07) is 6.37. The molecule has 3 N–H and O–H groups in total. The maximum Gasteiger partial charge on any atom is 0.268 e. The van der Waals surface area contributed by atoms with E-state index in [0.29, 0.717) is 18.8 Å². The first-order valence-electron chi connectivity index (χ1n) is 8.23. The Morgan fingerprint density at radius 2 is 2.08 bits per heavy atom. The van der Waals surface area contributed by atoms with Crippen LogP contribution in [0.5, 0.6) is 0 Å². The zero-order valence-electron chi connectivity index (χ0n) is 13.9. The molecule has 1 amide bonds. The summed E-state index contributed by atoms with van der Waals surface area (Å²) >= 11 is 0. The molecule has 1 aliphatic heterocycles. The maximum absolute atomic E-state index is 13.1. The number of amides is 1. The van der Waals surface area contributed by atoms with Gasteiger partial charge in [-0.2, -0.15) is 0 Å². The Labute approximate surface area is 145 Å². The largest absolute Gasteiger partial charge is 0.396 e. The van der Waals surface area contributed by atoms with Crippen LogP contribution in [-0.4, -0.2) is 40.7 Å². The van der Waals surface area contributed by atoms with E-state index in [1.165, 1.54) is 18.3 Å². The summed E-state index contributed by atoms with van der Waals surface area (Å²) in [5, 5.41) is 10.1. The van der Waals surface area contributed by atoms with Crippen molar-refractivity contribution in [3.63, 3.8) is 0 Å². The minimum absolute atomic E-state index is 0.0177. The van der Waals surface area contributed by atoms with Crippen LogP contribution in [0.3, 0.4) is 0 Å². The lowest BCUT2D eigenvalue weighted by molar-refractivity contribution is 0.0993. The maximum atomic E-state index is 13.1. The van der Waals surface area contributed by atoms with Gasteiger partial charge in [-0.25, -0.2) is 9.37 Å². The van der Waals surface area contributed by atoms with Crippen molar-refractivity contribution in [1.29, 1.82) is 0 Å². The fourth-order valence-corrected chi connectivity index (χ4v) is 3.39. The summed E-state index contributed by atoms with van der Waals surface area (Å²) in [7, 11) is 0. The minimum atomic E-state index is -0.619. The van der Waals surface area contributed by atoms with Crippen molar-refractivity contribution in [1.82, 2.24) is 9.97 Å². The van der Waals surface area contributed by atoms with Gasteiger partial charge in [0, 0.05) is 18.5 Å². The van der Waals surface area contributed by atoms with Crippen LogP contribution in [0, 0.1) is 11.2 Å². The first-order chi connectivity index (χ1) is 12.0. The van der Waals surface area contributed by atoms with Crippen molar-refractivity contribution in [2.75, 3.05) is 24.6 Å². The van der Waals surface area contributed by atoms with Gasteiger partial charge in [-0.15, -0.1) is 0 Å². The molecule has 0 saturated carbocycles. The molecule has 25 heavy (non-hydrogen) atoms. The number of aliphatic hydroxyl groups excluding tert-OH is 1. The van der Waals surface area contributed by atoms with Crippen LogP contribution in [0.25, 0.3) is 0 Å². The molecule has 1 atom stereocenters. The molecule has 1 aromatic heterocycles. The van der Waals surface area contributed by atoms with Gasteiger partial charge in [0.05, 0.1) is 19.0 Å². The molecule has 6 nitrogen and oxygen atoms in total. The van der Waals surface area contributed by atoms with Gasteiger partial charge < -0.3 is 15.7 Å². The molecule has 0 bridgehead atoms. The van der Waals surface area contributed by atoms with Crippen LogP contribution in [0.15, 0.2) is 36.7 Å². The molecule has 1 fully saturated rings. The Hall–Kier alpha value is -2.54. The average molecular weight is 344 g/mol. The lowest BCUT2D eigenvalue weighted by atomic mass is 9.76. The highest BCUT2D eigenvalue weighted by molar-refractivity contribution is 5.90. The highest BCUT2D eigenvalue weighted by Gasteiger charge is 2.36. The summed E-state index contributed by atoms with van der Waals surface area (Å²) in [4.78, 5) is 21.6. The number of aliphatic hydroxyl groups is 1. The van der Waals surface area contributed by atoms with Crippen molar-refractivity contribution in [2.45, 2.75) is 19.3 Å². The Morgan fingerprint density at radius 1 is 1.32 bits per heavy atom. The number of aromatic nitrogens is 2. The normalized spacial score (nSPS) is 20.5. The number of anilines is 1. The Morgan fingerprint density at radius 3 is 2.76 bits per heavy atom. The molecule has 2 aromatic rings. The Balaban J connectivity index is 1.81.